The van der Waals surface area contributed by atoms with E-state index in [1.807, 2.05) is 49.1 Å². The maximum atomic E-state index is 14.8. The van der Waals surface area contributed by atoms with Gasteiger partial charge in [-0.1, -0.05) is 61.9 Å². The molecule has 2 fully saturated rings. The summed E-state index contributed by atoms with van der Waals surface area (Å²) in [5.41, 5.74) is 4.53. The fourth-order valence-corrected chi connectivity index (χ4v) is 10.3. The molecule has 6 rings (SSSR count). The lowest BCUT2D eigenvalue weighted by atomic mass is 9.55. The van der Waals surface area contributed by atoms with Gasteiger partial charge in [0.15, 0.2) is 0 Å². The molecule has 12 nitrogen and oxygen atoms in total. The minimum absolute atomic E-state index is 0.0147. The molecule has 3 aliphatic carbocycles. The Kier molecular flexibility index (Phi) is 17.4. The fourth-order valence-electron chi connectivity index (χ4n) is 10.3. The van der Waals surface area contributed by atoms with Gasteiger partial charge in [0.05, 0.1) is 43.8 Å². The van der Waals surface area contributed by atoms with Crippen LogP contribution in [-0.4, -0.2) is 101 Å². The van der Waals surface area contributed by atoms with Crippen LogP contribution in [-0.2, 0) is 25.7 Å². The number of unbranched alkanes of at least 4 members (excludes halogenated alkanes) is 2. The first kappa shape index (κ1) is 45.7. The van der Waals surface area contributed by atoms with Crippen LogP contribution in [0.2, 0.25) is 0 Å². The number of carbonyl (C=O) groups is 1. The molecule has 2 heterocycles. The average molecular weight is 832 g/mol. The van der Waals surface area contributed by atoms with Crippen molar-refractivity contribution in [1.29, 1.82) is 0 Å². The van der Waals surface area contributed by atoms with Crippen molar-refractivity contribution in [2.24, 2.45) is 28.8 Å². The summed E-state index contributed by atoms with van der Waals surface area (Å²) >= 11 is 0. The van der Waals surface area contributed by atoms with Gasteiger partial charge < -0.3 is 44.0 Å². The summed E-state index contributed by atoms with van der Waals surface area (Å²) in [5, 5.41) is 34.2. The number of ether oxygens (including phenoxy) is 4. The van der Waals surface area contributed by atoms with Gasteiger partial charge in [-0.3, -0.25) is 9.78 Å². The van der Waals surface area contributed by atoms with Crippen LogP contribution in [0.5, 0.6) is 11.5 Å². The largest absolute Gasteiger partial charge is 0.487 e. The molecule has 1 aromatic carbocycles. The number of aromatic nitrogens is 1. The van der Waals surface area contributed by atoms with Crippen molar-refractivity contribution in [3.05, 3.63) is 77.7 Å². The van der Waals surface area contributed by atoms with E-state index in [1.165, 1.54) is 12.8 Å². The first-order chi connectivity index (χ1) is 29.4. The van der Waals surface area contributed by atoms with Crippen LogP contribution < -0.4 is 9.47 Å². The van der Waals surface area contributed by atoms with Crippen molar-refractivity contribution in [3.8, 4) is 11.5 Å². The molecule has 6 unspecified atom stereocenters. The highest BCUT2D eigenvalue weighted by Gasteiger charge is 2.65. The van der Waals surface area contributed by atoms with Gasteiger partial charge in [0.25, 0.3) is 0 Å². The fraction of sp³-hybridized carbons (Fsp3) is 0.646. The zero-order valence-electron chi connectivity index (χ0n) is 36.0. The third-order valence-corrected chi connectivity index (χ3v) is 12.9. The van der Waals surface area contributed by atoms with Crippen LogP contribution in [0.1, 0.15) is 113 Å². The molecule has 3 N–H and O–H groups in total. The summed E-state index contributed by atoms with van der Waals surface area (Å²) in [6.07, 6.45) is 15.1. The molecule has 1 amide bonds. The van der Waals surface area contributed by atoms with E-state index >= 15 is 0 Å². The van der Waals surface area contributed by atoms with E-state index in [1.54, 1.807) is 6.08 Å². The number of aryl methyl sites for hydroxylation is 1. The van der Waals surface area contributed by atoms with Crippen molar-refractivity contribution in [2.75, 3.05) is 52.8 Å². The Balaban J connectivity index is 1.52. The standard InChI is InChI=1S/C48H69N3O9/c1-4-27-58-48-44(51(23-28-56-29-26-54)45(55)22-19-35-14-6-7-15-35)32-42(50-59-5-2)40-30-36(16-8-10-24-52)39(18-9-11-25-53)46(47(40)48)41-31-38(20-21-43(41)60-48)57-33-37-17-12-13-34(3)49-37/h4,12-13,17,20-21,30-31,35-36,39,44,46-47,52-54H,1,5-11,14-16,18-19,22-29,32-33H2,2-3H3. The van der Waals surface area contributed by atoms with E-state index in [0.29, 0.717) is 56.3 Å². The molecule has 60 heavy (non-hydrogen) atoms. The molecular weight excluding hydrogens is 763 g/mol. The molecule has 1 aromatic heterocycles. The van der Waals surface area contributed by atoms with Gasteiger partial charge in [0.1, 0.15) is 30.8 Å². The summed E-state index contributed by atoms with van der Waals surface area (Å²) < 4.78 is 26.8. The van der Waals surface area contributed by atoms with E-state index in [2.05, 4.69) is 23.7 Å². The molecule has 12 heteroatoms. The van der Waals surface area contributed by atoms with E-state index in [0.717, 1.165) is 73.2 Å². The molecule has 0 radical (unpaired) electrons. The SMILES string of the molecule is C=CCOC12Oc3ccc(OCc4cccc(C)n4)cc3C3C(CCCCO)C(CCCCO)C=C(C(=NOCC)CC1N(CCOCCO)C(=O)CCC1CCCC1)C32. The number of oxime groups is 1. The van der Waals surface area contributed by atoms with Crippen molar-refractivity contribution < 1.29 is 43.9 Å². The van der Waals surface area contributed by atoms with Crippen LogP contribution >= 0.6 is 0 Å². The van der Waals surface area contributed by atoms with E-state index < -0.39 is 17.7 Å². The van der Waals surface area contributed by atoms with Crippen molar-refractivity contribution in [2.45, 2.75) is 122 Å². The summed E-state index contributed by atoms with van der Waals surface area (Å²) in [6.45, 7) is 9.62. The highest BCUT2D eigenvalue weighted by Crippen LogP contribution is 2.62. The Morgan fingerprint density at radius 1 is 1.03 bits per heavy atom. The minimum Gasteiger partial charge on any atom is -0.487 e. The number of nitrogens with zero attached hydrogens (tertiary/aromatic N) is 3. The number of allylic oxidation sites excluding steroid dienone is 1. The van der Waals surface area contributed by atoms with Crippen LogP contribution in [0.15, 0.2) is 65.9 Å². The number of rotatable bonds is 25. The number of fused-ring (bicyclic) bond motifs is 2. The minimum atomic E-state index is -1.35. The maximum Gasteiger partial charge on any atom is 0.239 e. The lowest BCUT2D eigenvalue weighted by Gasteiger charge is -2.60. The Morgan fingerprint density at radius 2 is 1.83 bits per heavy atom. The van der Waals surface area contributed by atoms with Gasteiger partial charge in [-0.15, -0.1) is 6.58 Å². The predicted molar refractivity (Wildman–Crippen MR) is 231 cm³/mol. The number of pyridine rings is 1. The van der Waals surface area contributed by atoms with Gasteiger partial charge in [0.2, 0.25) is 11.7 Å². The summed E-state index contributed by atoms with van der Waals surface area (Å²) in [6, 6.07) is 11.3. The number of amides is 1. The molecule has 2 aromatic rings. The third-order valence-electron chi connectivity index (χ3n) is 12.9. The van der Waals surface area contributed by atoms with E-state index in [9.17, 15) is 20.1 Å². The average Bonchev–Trinajstić information content (AvgIpc) is 3.79. The van der Waals surface area contributed by atoms with Gasteiger partial charge in [-0.05, 0) is 99.6 Å². The lowest BCUT2D eigenvalue weighted by Crippen LogP contribution is -2.70. The summed E-state index contributed by atoms with van der Waals surface area (Å²) in [4.78, 5) is 27.3. The molecule has 0 bridgehead atoms. The quantitative estimate of drug-likeness (QED) is 0.0524. The normalized spacial score (nSPS) is 25.2. The monoisotopic (exact) mass is 832 g/mol. The molecule has 4 aliphatic rings. The first-order valence-electron chi connectivity index (χ1n) is 22.6. The first-order valence-corrected chi connectivity index (χ1v) is 22.6. The van der Waals surface area contributed by atoms with Crippen LogP contribution in [0.25, 0.3) is 0 Å². The van der Waals surface area contributed by atoms with Gasteiger partial charge in [0, 0.05) is 49.8 Å². The number of carbonyl (C=O) groups excluding carboxylic acids is 1. The Hall–Kier alpha value is -3.81. The molecule has 1 aliphatic heterocycles. The number of hydrogen-bond acceptors (Lipinski definition) is 11. The van der Waals surface area contributed by atoms with E-state index in [-0.39, 0.29) is 69.8 Å². The molecule has 0 saturated heterocycles. The molecule has 2 saturated carbocycles. The Morgan fingerprint density at radius 3 is 2.57 bits per heavy atom. The Labute approximate surface area is 357 Å². The molecule has 6 atom stereocenters. The van der Waals surface area contributed by atoms with Crippen molar-refractivity contribution >= 4 is 11.6 Å². The summed E-state index contributed by atoms with van der Waals surface area (Å²) in [7, 11) is 0. The molecular formula is C48H69N3O9. The van der Waals surface area contributed by atoms with Gasteiger partial charge >= 0.3 is 0 Å². The lowest BCUT2D eigenvalue weighted by molar-refractivity contribution is -0.258. The second-order valence-corrected chi connectivity index (χ2v) is 16.9. The molecule has 330 valence electrons. The zero-order valence-corrected chi connectivity index (χ0v) is 36.0. The maximum absolute atomic E-state index is 14.8. The van der Waals surface area contributed by atoms with Crippen molar-refractivity contribution in [1.82, 2.24) is 9.88 Å². The highest BCUT2D eigenvalue weighted by molar-refractivity contribution is 6.03. The zero-order chi connectivity index (χ0) is 42.3. The second-order valence-electron chi connectivity index (χ2n) is 16.9. The second kappa shape index (κ2) is 22.9. The van der Waals surface area contributed by atoms with Gasteiger partial charge in [-0.25, -0.2) is 0 Å². The van der Waals surface area contributed by atoms with E-state index in [4.69, 9.17) is 28.9 Å². The Bertz CT molecular complexity index is 1740. The van der Waals surface area contributed by atoms with Crippen LogP contribution in [0.4, 0.5) is 0 Å². The number of benzene rings is 1. The predicted octanol–water partition coefficient (Wildman–Crippen LogP) is 7.43. The number of aliphatic hydroxyl groups excluding tert-OH is 3. The van der Waals surface area contributed by atoms with Crippen molar-refractivity contribution in [3.63, 3.8) is 0 Å². The van der Waals surface area contributed by atoms with Crippen LogP contribution in [0, 0.1) is 30.6 Å². The number of aliphatic hydroxyl groups is 3. The highest BCUT2D eigenvalue weighted by atomic mass is 16.7. The topological polar surface area (TPSA) is 152 Å². The molecule has 0 spiro atoms. The third kappa shape index (κ3) is 11.0. The van der Waals surface area contributed by atoms with Gasteiger partial charge in [-0.2, -0.15) is 0 Å². The van der Waals surface area contributed by atoms with Crippen LogP contribution in [0.3, 0.4) is 0 Å². The number of hydrogen-bond donors (Lipinski definition) is 3. The smallest absolute Gasteiger partial charge is 0.239 e. The summed E-state index contributed by atoms with van der Waals surface area (Å²) in [5.74, 6) is 0.221.